The molecule has 1 fully saturated rings. The first-order valence-corrected chi connectivity index (χ1v) is 7.16. The molecule has 3 rings (SSSR count). The molecule has 1 aliphatic heterocycles. The van der Waals surface area contributed by atoms with Gasteiger partial charge in [-0.15, -0.1) is 0 Å². The van der Waals surface area contributed by atoms with Crippen LogP contribution in [0.3, 0.4) is 0 Å². The summed E-state index contributed by atoms with van der Waals surface area (Å²) in [4.78, 5) is 11.9. The van der Waals surface area contributed by atoms with Crippen LogP contribution in [0.5, 0.6) is 0 Å². The van der Waals surface area contributed by atoms with E-state index in [0.29, 0.717) is 19.8 Å². The van der Waals surface area contributed by atoms with E-state index in [1.165, 1.54) is 16.6 Å². The second kappa shape index (κ2) is 5.67. The van der Waals surface area contributed by atoms with Gasteiger partial charge in [-0.05, 0) is 30.9 Å². The van der Waals surface area contributed by atoms with Gasteiger partial charge in [0.25, 0.3) is 0 Å². The standard InChI is InChI=1S/C16H20N2O2/c1-12-10-13-4-2-3-5-15(13)18(12)8-7-17-16(19)14-6-9-20-11-14/h2-5,10,14H,6-9,11H2,1H3,(H,17,19)/t14-/m0/s1. The van der Waals surface area contributed by atoms with E-state index in [1.807, 2.05) is 12.1 Å². The number of ether oxygens (including phenoxy) is 1. The number of benzene rings is 1. The molecule has 0 aliphatic carbocycles. The van der Waals surface area contributed by atoms with Crippen LogP contribution in [0, 0.1) is 12.8 Å². The Morgan fingerprint density at radius 2 is 2.30 bits per heavy atom. The van der Waals surface area contributed by atoms with Crippen LogP contribution in [-0.4, -0.2) is 30.2 Å². The van der Waals surface area contributed by atoms with Gasteiger partial charge in [0.1, 0.15) is 0 Å². The normalized spacial score (nSPS) is 18.6. The highest BCUT2D eigenvalue weighted by Gasteiger charge is 2.22. The Morgan fingerprint density at radius 1 is 1.45 bits per heavy atom. The molecule has 1 amide bonds. The van der Waals surface area contributed by atoms with Crippen molar-refractivity contribution in [3.05, 3.63) is 36.0 Å². The Labute approximate surface area is 118 Å². The van der Waals surface area contributed by atoms with E-state index in [1.54, 1.807) is 0 Å². The highest BCUT2D eigenvalue weighted by molar-refractivity contribution is 5.81. The molecule has 2 heterocycles. The molecule has 106 valence electrons. The molecule has 2 aromatic rings. The Balaban J connectivity index is 1.62. The number of hydrogen-bond donors (Lipinski definition) is 1. The summed E-state index contributed by atoms with van der Waals surface area (Å²) in [5.41, 5.74) is 2.45. The van der Waals surface area contributed by atoms with E-state index in [-0.39, 0.29) is 11.8 Å². The third kappa shape index (κ3) is 2.56. The highest BCUT2D eigenvalue weighted by atomic mass is 16.5. The van der Waals surface area contributed by atoms with E-state index in [4.69, 9.17) is 4.74 Å². The summed E-state index contributed by atoms with van der Waals surface area (Å²) in [6, 6.07) is 10.5. The number of carbonyl (C=O) groups is 1. The van der Waals surface area contributed by atoms with E-state index >= 15 is 0 Å². The van der Waals surface area contributed by atoms with Gasteiger partial charge in [-0.2, -0.15) is 0 Å². The number of amides is 1. The minimum absolute atomic E-state index is 0.0394. The average Bonchev–Trinajstić information content (AvgIpc) is 3.07. The lowest BCUT2D eigenvalue weighted by atomic mass is 10.1. The van der Waals surface area contributed by atoms with Crippen LogP contribution < -0.4 is 5.32 Å². The van der Waals surface area contributed by atoms with Crippen molar-refractivity contribution in [1.29, 1.82) is 0 Å². The van der Waals surface area contributed by atoms with Crippen LogP contribution in [0.2, 0.25) is 0 Å². The van der Waals surface area contributed by atoms with Crippen LogP contribution in [0.4, 0.5) is 0 Å². The monoisotopic (exact) mass is 272 g/mol. The molecule has 1 aromatic heterocycles. The quantitative estimate of drug-likeness (QED) is 0.926. The van der Waals surface area contributed by atoms with Crippen molar-refractivity contribution in [2.75, 3.05) is 19.8 Å². The Morgan fingerprint density at radius 3 is 3.10 bits per heavy atom. The minimum Gasteiger partial charge on any atom is -0.381 e. The fraction of sp³-hybridized carbons (Fsp3) is 0.438. The SMILES string of the molecule is Cc1cc2ccccc2n1CCNC(=O)[C@H]1CCOC1. The largest absolute Gasteiger partial charge is 0.381 e. The molecule has 4 heteroatoms. The zero-order chi connectivity index (χ0) is 13.9. The maximum absolute atomic E-state index is 11.9. The Kier molecular flexibility index (Phi) is 3.74. The van der Waals surface area contributed by atoms with Gasteiger partial charge in [0.15, 0.2) is 0 Å². The van der Waals surface area contributed by atoms with Crippen molar-refractivity contribution in [3.63, 3.8) is 0 Å². The second-order valence-corrected chi connectivity index (χ2v) is 5.35. The molecule has 1 aliphatic rings. The predicted molar refractivity (Wildman–Crippen MR) is 78.6 cm³/mol. The first-order valence-electron chi connectivity index (χ1n) is 7.16. The molecule has 0 unspecified atom stereocenters. The van der Waals surface area contributed by atoms with Crippen molar-refractivity contribution in [2.24, 2.45) is 5.92 Å². The molecule has 20 heavy (non-hydrogen) atoms. The third-order valence-electron chi connectivity index (χ3n) is 3.95. The van der Waals surface area contributed by atoms with E-state index in [9.17, 15) is 4.79 Å². The zero-order valence-electron chi connectivity index (χ0n) is 11.8. The third-order valence-corrected chi connectivity index (χ3v) is 3.95. The van der Waals surface area contributed by atoms with Crippen LogP contribution in [0.15, 0.2) is 30.3 Å². The number of aromatic nitrogens is 1. The van der Waals surface area contributed by atoms with Gasteiger partial charge < -0.3 is 14.6 Å². The molecule has 0 radical (unpaired) electrons. The summed E-state index contributed by atoms with van der Waals surface area (Å²) in [6.07, 6.45) is 0.845. The van der Waals surface area contributed by atoms with Gasteiger partial charge >= 0.3 is 0 Å². The minimum atomic E-state index is 0.0394. The predicted octanol–water partition coefficient (Wildman–Crippen LogP) is 2.10. The number of para-hydroxylation sites is 1. The number of aryl methyl sites for hydroxylation is 1. The number of nitrogens with one attached hydrogen (secondary N) is 1. The molecular weight excluding hydrogens is 252 g/mol. The number of hydrogen-bond acceptors (Lipinski definition) is 2. The van der Waals surface area contributed by atoms with Gasteiger partial charge in [0, 0.05) is 30.9 Å². The lowest BCUT2D eigenvalue weighted by Gasteiger charge is -2.12. The van der Waals surface area contributed by atoms with Crippen molar-refractivity contribution in [1.82, 2.24) is 9.88 Å². The Hall–Kier alpha value is -1.81. The van der Waals surface area contributed by atoms with Gasteiger partial charge in [-0.1, -0.05) is 18.2 Å². The molecular formula is C16H20N2O2. The number of carbonyl (C=O) groups excluding carboxylic acids is 1. The molecule has 4 nitrogen and oxygen atoms in total. The molecule has 1 atom stereocenters. The van der Waals surface area contributed by atoms with Gasteiger partial charge in [0.2, 0.25) is 5.91 Å². The summed E-state index contributed by atoms with van der Waals surface area (Å²) in [5.74, 6) is 0.161. The highest BCUT2D eigenvalue weighted by Crippen LogP contribution is 2.18. The molecule has 0 saturated carbocycles. The Bertz CT molecular complexity index is 612. The van der Waals surface area contributed by atoms with E-state index in [0.717, 1.165) is 13.0 Å². The lowest BCUT2D eigenvalue weighted by Crippen LogP contribution is -2.33. The summed E-state index contributed by atoms with van der Waals surface area (Å²) < 4.78 is 7.49. The maximum atomic E-state index is 11.9. The number of nitrogens with zero attached hydrogens (tertiary/aromatic N) is 1. The second-order valence-electron chi connectivity index (χ2n) is 5.35. The molecule has 0 bridgehead atoms. The van der Waals surface area contributed by atoms with Crippen molar-refractivity contribution < 1.29 is 9.53 Å². The lowest BCUT2D eigenvalue weighted by molar-refractivity contribution is -0.124. The number of rotatable bonds is 4. The summed E-state index contributed by atoms with van der Waals surface area (Å²) in [7, 11) is 0. The van der Waals surface area contributed by atoms with Gasteiger partial charge in [-0.3, -0.25) is 4.79 Å². The summed E-state index contributed by atoms with van der Waals surface area (Å²) in [6.45, 7) is 4.84. The van der Waals surface area contributed by atoms with Gasteiger partial charge in [0.05, 0.1) is 12.5 Å². The average molecular weight is 272 g/mol. The van der Waals surface area contributed by atoms with Gasteiger partial charge in [-0.25, -0.2) is 0 Å². The first kappa shape index (κ1) is 13.2. The molecule has 1 saturated heterocycles. The molecule has 1 aromatic carbocycles. The van der Waals surface area contributed by atoms with Crippen LogP contribution in [0.25, 0.3) is 10.9 Å². The van der Waals surface area contributed by atoms with Crippen molar-refractivity contribution >= 4 is 16.8 Å². The van der Waals surface area contributed by atoms with Crippen molar-refractivity contribution in [2.45, 2.75) is 19.9 Å². The molecule has 0 spiro atoms. The summed E-state index contributed by atoms with van der Waals surface area (Å²) >= 11 is 0. The first-order chi connectivity index (χ1) is 9.75. The van der Waals surface area contributed by atoms with E-state index in [2.05, 4.69) is 35.0 Å². The fourth-order valence-electron chi connectivity index (χ4n) is 2.82. The van der Waals surface area contributed by atoms with Crippen molar-refractivity contribution in [3.8, 4) is 0 Å². The van der Waals surface area contributed by atoms with Crippen LogP contribution in [0.1, 0.15) is 12.1 Å². The van der Waals surface area contributed by atoms with Crippen LogP contribution >= 0.6 is 0 Å². The zero-order valence-corrected chi connectivity index (χ0v) is 11.8. The topological polar surface area (TPSA) is 43.3 Å². The number of fused-ring (bicyclic) bond motifs is 1. The smallest absolute Gasteiger partial charge is 0.225 e. The summed E-state index contributed by atoms with van der Waals surface area (Å²) in [5, 5.41) is 4.27. The van der Waals surface area contributed by atoms with Crippen LogP contribution in [-0.2, 0) is 16.1 Å². The fourth-order valence-corrected chi connectivity index (χ4v) is 2.82. The molecule has 1 N–H and O–H groups in total. The van der Waals surface area contributed by atoms with E-state index < -0.39 is 0 Å². The maximum Gasteiger partial charge on any atom is 0.225 e.